The minimum Gasteiger partial charge on any atom is -0.493 e. The van der Waals surface area contributed by atoms with Crippen molar-refractivity contribution >= 4 is 17.7 Å². The molecule has 0 aromatic heterocycles. The molecule has 1 aromatic rings. The lowest BCUT2D eigenvalue weighted by atomic mass is 10.0. The molecular formula is C17H26N2O3S. The van der Waals surface area contributed by atoms with Gasteiger partial charge < -0.3 is 20.5 Å². The number of hydrogen-bond acceptors (Lipinski definition) is 5. The van der Waals surface area contributed by atoms with Gasteiger partial charge in [-0.25, -0.2) is 0 Å². The molecule has 0 heterocycles. The van der Waals surface area contributed by atoms with Gasteiger partial charge in [-0.05, 0) is 43.5 Å². The average Bonchev–Trinajstić information content (AvgIpc) is 3.01. The molecule has 1 amide bonds. The summed E-state index contributed by atoms with van der Waals surface area (Å²) < 4.78 is 10.5. The van der Waals surface area contributed by atoms with Gasteiger partial charge in [0.2, 0.25) is 5.91 Å². The predicted molar refractivity (Wildman–Crippen MR) is 93.2 cm³/mol. The van der Waals surface area contributed by atoms with Crippen molar-refractivity contribution in [1.29, 1.82) is 0 Å². The lowest BCUT2D eigenvalue weighted by Gasteiger charge is -2.19. The van der Waals surface area contributed by atoms with Gasteiger partial charge >= 0.3 is 0 Å². The SMILES string of the molecule is COc1ccc(SCCC(=O)NC2CCCC2CN)cc1OC. The number of methoxy groups -OCH3 is 2. The highest BCUT2D eigenvalue weighted by molar-refractivity contribution is 7.99. The number of benzene rings is 1. The standard InChI is InChI=1S/C17H26N2O3S/c1-21-15-7-6-13(10-16(15)22-2)23-9-8-17(20)19-14-5-3-4-12(14)11-18/h6-7,10,12,14H,3-5,8-9,11,18H2,1-2H3,(H,19,20). The van der Waals surface area contributed by atoms with Gasteiger partial charge in [0, 0.05) is 23.1 Å². The van der Waals surface area contributed by atoms with E-state index in [0.717, 1.165) is 29.9 Å². The summed E-state index contributed by atoms with van der Waals surface area (Å²) >= 11 is 1.64. The molecule has 1 aliphatic carbocycles. The molecule has 2 rings (SSSR count). The van der Waals surface area contributed by atoms with Crippen molar-refractivity contribution in [1.82, 2.24) is 5.32 Å². The fourth-order valence-electron chi connectivity index (χ4n) is 2.96. The van der Waals surface area contributed by atoms with Crippen LogP contribution in [0.5, 0.6) is 11.5 Å². The minimum absolute atomic E-state index is 0.114. The molecule has 0 spiro atoms. The molecule has 5 nitrogen and oxygen atoms in total. The van der Waals surface area contributed by atoms with Crippen LogP contribution in [0.2, 0.25) is 0 Å². The van der Waals surface area contributed by atoms with Gasteiger partial charge in [-0.3, -0.25) is 4.79 Å². The number of carbonyl (C=O) groups excluding carboxylic acids is 1. The van der Waals surface area contributed by atoms with E-state index in [1.165, 1.54) is 0 Å². The highest BCUT2D eigenvalue weighted by Gasteiger charge is 2.26. The number of thioether (sulfide) groups is 1. The molecule has 1 aliphatic rings. The monoisotopic (exact) mass is 338 g/mol. The van der Waals surface area contributed by atoms with Gasteiger partial charge in [0.25, 0.3) is 0 Å². The molecule has 6 heteroatoms. The highest BCUT2D eigenvalue weighted by atomic mass is 32.2. The largest absolute Gasteiger partial charge is 0.493 e. The number of ether oxygens (including phenoxy) is 2. The van der Waals surface area contributed by atoms with E-state index in [4.69, 9.17) is 15.2 Å². The molecule has 1 aromatic carbocycles. The van der Waals surface area contributed by atoms with E-state index in [1.54, 1.807) is 26.0 Å². The maximum atomic E-state index is 12.1. The highest BCUT2D eigenvalue weighted by Crippen LogP contribution is 2.32. The van der Waals surface area contributed by atoms with Crippen molar-refractivity contribution in [3.05, 3.63) is 18.2 Å². The summed E-state index contributed by atoms with van der Waals surface area (Å²) in [5.74, 6) is 2.71. The maximum absolute atomic E-state index is 12.1. The first-order chi connectivity index (χ1) is 11.2. The van der Waals surface area contributed by atoms with Crippen LogP contribution in [0.15, 0.2) is 23.1 Å². The number of amides is 1. The normalized spacial score (nSPS) is 20.3. The van der Waals surface area contributed by atoms with Gasteiger partial charge in [0.05, 0.1) is 14.2 Å². The van der Waals surface area contributed by atoms with Gasteiger partial charge in [-0.2, -0.15) is 0 Å². The Bertz CT molecular complexity index is 525. The van der Waals surface area contributed by atoms with E-state index in [-0.39, 0.29) is 11.9 Å². The number of rotatable bonds is 8. The second-order valence-electron chi connectivity index (χ2n) is 5.72. The van der Waals surface area contributed by atoms with Crippen LogP contribution in [0.4, 0.5) is 0 Å². The number of carbonyl (C=O) groups is 1. The Kier molecular flexibility index (Phi) is 7.05. The first-order valence-corrected chi connectivity index (χ1v) is 9.00. The molecule has 3 N–H and O–H groups in total. The minimum atomic E-state index is 0.114. The third kappa shape index (κ3) is 5.04. The van der Waals surface area contributed by atoms with Gasteiger partial charge in [-0.15, -0.1) is 11.8 Å². The zero-order valence-electron chi connectivity index (χ0n) is 13.8. The Morgan fingerprint density at radius 3 is 2.78 bits per heavy atom. The molecule has 2 atom stereocenters. The van der Waals surface area contributed by atoms with Crippen LogP contribution < -0.4 is 20.5 Å². The van der Waals surface area contributed by atoms with Crippen molar-refractivity contribution in [3.8, 4) is 11.5 Å². The van der Waals surface area contributed by atoms with Crippen LogP contribution in [0.25, 0.3) is 0 Å². The van der Waals surface area contributed by atoms with E-state index >= 15 is 0 Å². The molecule has 128 valence electrons. The summed E-state index contributed by atoms with van der Waals surface area (Å²) in [5, 5.41) is 3.13. The quantitative estimate of drug-likeness (QED) is 0.712. The zero-order valence-corrected chi connectivity index (χ0v) is 14.7. The maximum Gasteiger partial charge on any atom is 0.221 e. The van der Waals surface area contributed by atoms with Gasteiger partial charge in [0.15, 0.2) is 11.5 Å². The summed E-state index contributed by atoms with van der Waals surface area (Å²) in [7, 11) is 3.24. The van der Waals surface area contributed by atoms with E-state index < -0.39 is 0 Å². The van der Waals surface area contributed by atoms with Gasteiger partial charge in [0.1, 0.15) is 0 Å². The zero-order chi connectivity index (χ0) is 16.7. The predicted octanol–water partition coefficient (Wildman–Crippen LogP) is 2.43. The molecule has 0 radical (unpaired) electrons. The Hall–Kier alpha value is -1.40. The molecular weight excluding hydrogens is 312 g/mol. The Balaban J connectivity index is 1.77. The van der Waals surface area contributed by atoms with Crippen LogP contribution >= 0.6 is 11.8 Å². The fourth-order valence-corrected chi connectivity index (χ4v) is 3.83. The van der Waals surface area contributed by atoms with Crippen molar-refractivity contribution in [3.63, 3.8) is 0 Å². The van der Waals surface area contributed by atoms with Crippen LogP contribution in [-0.4, -0.2) is 38.5 Å². The van der Waals surface area contributed by atoms with Crippen LogP contribution in [0.1, 0.15) is 25.7 Å². The molecule has 2 unspecified atom stereocenters. The van der Waals surface area contributed by atoms with Crippen molar-refractivity contribution in [2.24, 2.45) is 11.7 Å². The van der Waals surface area contributed by atoms with Crippen LogP contribution in [0.3, 0.4) is 0 Å². The Morgan fingerprint density at radius 1 is 1.30 bits per heavy atom. The van der Waals surface area contributed by atoms with Crippen LogP contribution in [0, 0.1) is 5.92 Å². The Labute approximate surface area is 142 Å². The molecule has 0 bridgehead atoms. The summed E-state index contributed by atoms with van der Waals surface area (Å²) in [6, 6.07) is 6.05. The second-order valence-corrected chi connectivity index (χ2v) is 6.88. The van der Waals surface area contributed by atoms with Crippen molar-refractivity contribution in [2.45, 2.75) is 36.6 Å². The van der Waals surface area contributed by atoms with Gasteiger partial charge in [-0.1, -0.05) is 6.42 Å². The third-order valence-electron chi connectivity index (χ3n) is 4.26. The number of nitrogens with one attached hydrogen (secondary N) is 1. The summed E-state index contributed by atoms with van der Waals surface area (Å²) in [6.45, 7) is 0.658. The first kappa shape index (κ1) is 17.9. The van der Waals surface area contributed by atoms with E-state index in [1.807, 2.05) is 18.2 Å². The molecule has 23 heavy (non-hydrogen) atoms. The Morgan fingerprint density at radius 2 is 2.09 bits per heavy atom. The van der Waals surface area contributed by atoms with Crippen molar-refractivity contribution < 1.29 is 14.3 Å². The second kappa shape index (κ2) is 9.03. The lowest BCUT2D eigenvalue weighted by molar-refractivity contribution is -0.121. The smallest absolute Gasteiger partial charge is 0.221 e. The fraction of sp³-hybridized carbons (Fsp3) is 0.588. The first-order valence-electron chi connectivity index (χ1n) is 8.02. The molecule has 1 fully saturated rings. The molecule has 1 saturated carbocycles. The average molecular weight is 338 g/mol. The summed E-state index contributed by atoms with van der Waals surface area (Å²) in [4.78, 5) is 13.1. The van der Waals surface area contributed by atoms with Crippen molar-refractivity contribution in [2.75, 3.05) is 26.5 Å². The lowest BCUT2D eigenvalue weighted by Crippen LogP contribution is -2.39. The number of hydrogen-bond donors (Lipinski definition) is 2. The summed E-state index contributed by atoms with van der Waals surface area (Å²) in [6.07, 6.45) is 3.85. The summed E-state index contributed by atoms with van der Waals surface area (Å²) in [5.41, 5.74) is 5.75. The van der Waals surface area contributed by atoms with E-state index in [9.17, 15) is 4.79 Å². The number of nitrogens with two attached hydrogens (primary N) is 1. The molecule has 0 aliphatic heterocycles. The third-order valence-corrected chi connectivity index (χ3v) is 5.26. The van der Waals surface area contributed by atoms with E-state index in [2.05, 4.69) is 5.32 Å². The topological polar surface area (TPSA) is 73.6 Å². The van der Waals surface area contributed by atoms with E-state index in [0.29, 0.717) is 30.4 Å². The van der Waals surface area contributed by atoms with Crippen LogP contribution in [-0.2, 0) is 4.79 Å². The molecule has 0 saturated heterocycles.